The lowest BCUT2D eigenvalue weighted by molar-refractivity contribution is -0.725. The van der Waals surface area contributed by atoms with E-state index in [4.69, 9.17) is 4.42 Å². The predicted molar refractivity (Wildman–Crippen MR) is 112 cm³/mol. The highest BCUT2D eigenvalue weighted by Crippen LogP contribution is 2.25. The molecule has 0 fully saturated rings. The van der Waals surface area contributed by atoms with Gasteiger partial charge in [-0.15, -0.1) is 21.5 Å². The molecule has 4 nitrogen and oxygen atoms in total. The number of hydrogen-bond donors (Lipinski definition) is 1. The van der Waals surface area contributed by atoms with Crippen molar-refractivity contribution in [2.45, 2.75) is 32.9 Å². The molecule has 2 aromatic carbocycles. The van der Waals surface area contributed by atoms with Gasteiger partial charge in [-0.2, -0.15) is 0 Å². The van der Waals surface area contributed by atoms with Crippen LogP contribution in [-0.4, -0.2) is 10.2 Å². The van der Waals surface area contributed by atoms with Gasteiger partial charge in [0.2, 0.25) is 5.89 Å². The van der Waals surface area contributed by atoms with E-state index in [2.05, 4.69) is 90.2 Å². The van der Waals surface area contributed by atoms with Crippen LogP contribution in [0.3, 0.4) is 0 Å². The molecule has 2 heterocycles. The van der Waals surface area contributed by atoms with Gasteiger partial charge in [-0.3, -0.25) is 0 Å². The second-order valence-corrected chi connectivity index (χ2v) is 8.18. The monoisotopic (exact) mass is 390 g/mol. The van der Waals surface area contributed by atoms with Gasteiger partial charge in [0.25, 0.3) is 5.89 Å². The maximum Gasteiger partial charge on any atom is 0.274 e. The van der Waals surface area contributed by atoms with Gasteiger partial charge < -0.3 is 9.73 Å². The summed E-state index contributed by atoms with van der Waals surface area (Å²) in [4.78, 5) is 1.31. The summed E-state index contributed by atoms with van der Waals surface area (Å²) < 4.78 is 6.01. The summed E-state index contributed by atoms with van der Waals surface area (Å²) >= 11 is 1.77. The summed E-state index contributed by atoms with van der Waals surface area (Å²) in [6.45, 7) is 6.29. The molecule has 0 spiro atoms. The van der Waals surface area contributed by atoms with Gasteiger partial charge in [0, 0.05) is 11.1 Å². The quantitative estimate of drug-likeness (QED) is 0.513. The highest BCUT2D eigenvalue weighted by Gasteiger charge is 2.25. The Balaban J connectivity index is 1.58. The van der Waals surface area contributed by atoms with Crippen molar-refractivity contribution in [3.05, 3.63) is 93.5 Å². The number of quaternary nitrogens is 1. The van der Waals surface area contributed by atoms with Crippen LogP contribution in [0.1, 0.15) is 46.5 Å². The smallest absolute Gasteiger partial charge is 0.274 e. The number of aromatic nitrogens is 2. The van der Waals surface area contributed by atoms with Crippen LogP contribution in [-0.2, 0) is 0 Å². The van der Waals surface area contributed by atoms with Crippen LogP contribution in [0.4, 0.5) is 0 Å². The summed E-state index contributed by atoms with van der Waals surface area (Å²) in [5.74, 6) is 1.21. The largest absolute Gasteiger partial charge is 0.415 e. The molecule has 0 aliphatic heterocycles. The van der Waals surface area contributed by atoms with Gasteiger partial charge in [0.15, 0.2) is 6.04 Å². The van der Waals surface area contributed by atoms with Crippen molar-refractivity contribution < 1.29 is 9.73 Å². The average Bonchev–Trinajstić information content (AvgIpc) is 3.39. The van der Waals surface area contributed by atoms with Crippen LogP contribution in [0.5, 0.6) is 0 Å². The Morgan fingerprint density at radius 3 is 2.46 bits per heavy atom. The highest BCUT2D eigenvalue weighted by atomic mass is 32.1. The number of thiophene rings is 1. The second-order valence-electron chi connectivity index (χ2n) is 7.20. The zero-order valence-electron chi connectivity index (χ0n) is 16.3. The Morgan fingerprint density at radius 1 is 0.929 bits per heavy atom. The predicted octanol–water partition coefficient (Wildman–Crippen LogP) is 4.83. The summed E-state index contributed by atoms with van der Waals surface area (Å²) in [6.07, 6.45) is 0. The first kappa shape index (κ1) is 18.6. The molecule has 0 saturated carbocycles. The molecule has 0 bridgehead atoms. The van der Waals surface area contributed by atoms with Crippen molar-refractivity contribution >= 4 is 11.3 Å². The third kappa shape index (κ3) is 4.06. The van der Waals surface area contributed by atoms with E-state index < -0.39 is 0 Å². The zero-order chi connectivity index (χ0) is 19.5. The number of aryl methyl sites for hydroxylation is 2. The molecule has 0 aliphatic carbocycles. The SMILES string of the molecule is Cc1ccc([C@@H]([NH2+][C@@H](C)c2nnc(-c3cccc(C)c3)o2)c2cccs2)cc1. The molecule has 28 heavy (non-hydrogen) atoms. The molecule has 0 amide bonds. The van der Waals surface area contributed by atoms with Crippen molar-refractivity contribution in [1.82, 2.24) is 10.2 Å². The maximum atomic E-state index is 6.01. The second kappa shape index (κ2) is 8.09. The van der Waals surface area contributed by atoms with Crippen LogP contribution in [0, 0.1) is 13.8 Å². The average molecular weight is 391 g/mol. The fourth-order valence-corrected chi connectivity index (χ4v) is 4.13. The van der Waals surface area contributed by atoms with E-state index in [1.807, 2.05) is 12.1 Å². The molecule has 142 valence electrons. The van der Waals surface area contributed by atoms with Crippen molar-refractivity contribution in [2.75, 3.05) is 0 Å². The van der Waals surface area contributed by atoms with Crippen LogP contribution < -0.4 is 5.32 Å². The summed E-state index contributed by atoms with van der Waals surface area (Å²) in [5, 5.41) is 13.0. The lowest BCUT2D eigenvalue weighted by Gasteiger charge is -2.18. The number of nitrogens with zero attached hydrogens (tertiary/aromatic N) is 2. The third-order valence-corrected chi connectivity index (χ3v) is 5.82. The van der Waals surface area contributed by atoms with Crippen molar-refractivity contribution in [2.24, 2.45) is 0 Å². The molecule has 2 N–H and O–H groups in total. The van der Waals surface area contributed by atoms with E-state index in [0.29, 0.717) is 11.8 Å². The molecule has 4 rings (SSSR count). The Labute approximate surface area is 169 Å². The number of hydrogen-bond acceptors (Lipinski definition) is 4. The number of rotatable bonds is 6. The molecule has 0 aliphatic rings. The third-order valence-electron chi connectivity index (χ3n) is 4.86. The van der Waals surface area contributed by atoms with E-state index in [1.165, 1.54) is 21.6 Å². The van der Waals surface area contributed by atoms with Crippen LogP contribution in [0.15, 0.2) is 70.5 Å². The Morgan fingerprint density at radius 2 is 1.75 bits per heavy atom. The van der Waals surface area contributed by atoms with E-state index in [9.17, 15) is 0 Å². The lowest BCUT2D eigenvalue weighted by Crippen LogP contribution is -2.85. The minimum absolute atomic E-state index is 0.0412. The normalized spacial score (nSPS) is 13.4. The number of nitrogens with two attached hydrogens (primary N) is 1. The van der Waals surface area contributed by atoms with Gasteiger partial charge in [-0.1, -0.05) is 53.6 Å². The van der Waals surface area contributed by atoms with Gasteiger partial charge in [-0.25, -0.2) is 0 Å². The molecule has 0 unspecified atom stereocenters. The summed E-state index contributed by atoms with van der Waals surface area (Å²) in [6, 6.07) is 21.4. The summed E-state index contributed by atoms with van der Waals surface area (Å²) in [5.41, 5.74) is 4.67. The standard InChI is InChI=1S/C23H23N3OS/c1-15-9-11-18(12-10-15)21(20-8-5-13-28-20)24-17(3)22-25-26-23(27-22)19-7-4-6-16(2)14-19/h4-14,17,21,24H,1-3H3/p+1/t17-,21+/m0/s1. The first-order chi connectivity index (χ1) is 13.6. The fourth-order valence-electron chi connectivity index (χ4n) is 3.30. The summed E-state index contributed by atoms with van der Waals surface area (Å²) in [7, 11) is 0. The van der Waals surface area contributed by atoms with Crippen LogP contribution in [0.25, 0.3) is 11.5 Å². The van der Waals surface area contributed by atoms with Gasteiger partial charge in [-0.05, 0) is 44.4 Å². The fraction of sp³-hybridized carbons (Fsp3) is 0.217. The van der Waals surface area contributed by atoms with Crippen LogP contribution in [0.2, 0.25) is 0 Å². The first-order valence-electron chi connectivity index (χ1n) is 9.45. The highest BCUT2D eigenvalue weighted by molar-refractivity contribution is 7.10. The molecule has 0 saturated heterocycles. The molecule has 5 heteroatoms. The van der Waals surface area contributed by atoms with E-state index in [0.717, 1.165) is 5.56 Å². The Bertz CT molecular complexity index is 1040. The molecule has 0 radical (unpaired) electrons. The van der Waals surface area contributed by atoms with Crippen LogP contribution >= 0.6 is 11.3 Å². The molecular weight excluding hydrogens is 366 g/mol. The van der Waals surface area contributed by atoms with Crippen molar-refractivity contribution in [3.63, 3.8) is 0 Å². The minimum atomic E-state index is 0.0412. The topological polar surface area (TPSA) is 55.5 Å². The maximum absolute atomic E-state index is 6.01. The lowest BCUT2D eigenvalue weighted by atomic mass is 10.0. The number of benzene rings is 2. The Hall–Kier alpha value is -2.76. The van der Waals surface area contributed by atoms with E-state index in [1.54, 1.807) is 11.3 Å². The molecule has 2 atom stereocenters. The molecular formula is C23H24N3OS+. The van der Waals surface area contributed by atoms with E-state index >= 15 is 0 Å². The van der Waals surface area contributed by atoms with Gasteiger partial charge >= 0.3 is 0 Å². The Kier molecular flexibility index (Phi) is 5.37. The minimum Gasteiger partial charge on any atom is -0.415 e. The van der Waals surface area contributed by atoms with Crippen molar-refractivity contribution in [1.29, 1.82) is 0 Å². The van der Waals surface area contributed by atoms with E-state index in [-0.39, 0.29) is 12.1 Å². The first-order valence-corrected chi connectivity index (χ1v) is 10.3. The molecule has 2 aromatic heterocycles. The molecule has 4 aromatic rings. The van der Waals surface area contributed by atoms with Gasteiger partial charge in [0.1, 0.15) is 6.04 Å². The van der Waals surface area contributed by atoms with Gasteiger partial charge in [0.05, 0.1) is 4.88 Å². The van der Waals surface area contributed by atoms with Crippen molar-refractivity contribution in [3.8, 4) is 11.5 Å². The zero-order valence-corrected chi connectivity index (χ0v) is 17.1.